The topological polar surface area (TPSA) is 0 Å². The molecule has 0 amide bonds. The Morgan fingerprint density at radius 1 is 0.704 bits per heavy atom. The van der Waals surface area contributed by atoms with Crippen molar-refractivity contribution >= 4 is 0 Å². The van der Waals surface area contributed by atoms with E-state index in [2.05, 4.69) is 0 Å². The third kappa shape index (κ3) is 3.74. The fraction of sp³-hybridized carbons (Fsp3) is 0.294. The Kier molecular flexibility index (Phi) is 5.24. The lowest BCUT2D eigenvalue weighted by atomic mass is 9.91. The van der Waals surface area contributed by atoms with Crippen LogP contribution >= 0.6 is 0 Å². The molecule has 0 aromatic heterocycles. The van der Waals surface area contributed by atoms with Crippen molar-refractivity contribution in [3.8, 4) is 11.1 Å². The normalized spacial score (nSPS) is 12.8. The largest absolute Gasteiger partial charge is 0.422 e. The van der Waals surface area contributed by atoms with Crippen molar-refractivity contribution < 1.29 is 43.9 Å². The quantitative estimate of drug-likeness (QED) is 0.371. The molecule has 27 heavy (non-hydrogen) atoms. The van der Waals surface area contributed by atoms with Crippen LogP contribution in [0.2, 0.25) is 0 Å². The van der Waals surface area contributed by atoms with E-state index in [9.17, 15) is 43.9 Å². The molecule has 2 aromatic carbocycles. The van der Waals surface area contributed by atoms with E-state index < -0.39 is 63.8 Å². The second kappa shape index (κ2) is 6.72. The summed E-state index contributed by atoms with van der Waals surface area (Å²) in [7, 11) is 0. The van der Waals surface area contributed by atoms with Crippen LogP contribution < -0.4 is 0 Å². The maximum absolute atomic E-state index is 14.2. The maximum Gasteiger partial charge on any atom is 0.422 e. The Labute approximate surface area is 146 Å². The van der Waals surface area contributed by atoms with Crippen molar-refractivity contribution in [1.29, 1.82) is 0 Å². The summed E-state index contributed by atoms with van der Waals surface area (Å²) >= 11 is 0. The van der Waals surface area contributed by atoms with Gasteiger partial charge in [0.25, 0.3) is 0 Å². The van der Waals surface area contributed by atoms with Gasteiger partial charge in [-0.25, -0.2) is 17.6 Å². The van der Waals surface area contributed by atoms with Crippen LogP contribution in [0.25, 0.3) is 11.1 Å². The molecule has 0 nitrogen and oxygen atoms in total. The molecule has 148 valence electrons. The SMILES string of the molecule is CC(C)c1ccc(C(F)(F)F)c(-c2c(F)c(F)c(C(F)(F)F)c(F)c2F)c1. The Hall–Kier alpha value is -2.26. The molecule has 0 heterocycles. The Morgan fingerprint density at radius 3 is 1.56 bits per heavy atom. The minimum Gasteiger partial charge on any atom is -0.203 e. The van der Waals surface area contributed by atoms with Gasteiger partial charge >= 0.3 is 12.4 Å². The summed E-state index contributed by atoms with van der Waals surface area (Å²) in [5.74, 6) is -11.2. The summed E-state index contributed by atoms with van der Waals surface area (Å²) in [4.78, 5) is 0. The molecule has 10 heteroatoms. The van der Waals surface area contributed by atoms with E-state index in [4.69, 9.17) is 0 Å². The van der Waals surface area contributed by atoms with Gasteiger partial charge in [0.2, 0.25) is 0 Å². The van der Waals surface area contributed by atoms with Gasteiger partial charge in [0.05, 0.1) is 11.1 Å². The van der Waals surface area contributed by atoms with Crippen LogP contribution in [-0.4, -0.2) is 0 Å². The fourth-order valence-corrected chi connectivity index (χ4v) is 2.49. The third-order valence-corrected chi connectivity index (χ3v) is 3.83. The molecule has 0 aliphatic heterocycles. The maximum atomic E-state index is 14.2. The highest BCUT2D eigenvalue weighted by Gasteiger charge is 2.44. The summed E-state index contributed by atoms with van der Waals surface area (Å²) in [6.07, 6.45) is -11.0. The van der Waals surface area contributed by atoms with Crippen molar-refractivity contribution in [3.63, 3.8) is 0 Å². The van der Waals surface area contributed by atoms with Crippen molar-refractivity contribution in [3.05, 3.63) is 58.2 Å². The molecule has 0 radical (unpaired) electrons. The minimum atomic E-state index is -5.79. The molecular formula is C17H10F10. The molecule has 0 N–H and O–H groups in total. The Bertz CT molecular complexity index is 846. The first-order chi connectivity index (χ1) is 12.2. The van der Waals surface area contributed by atoms with Gasteiger partial charge in [-0.3, -0.25) is 0 Å². The molecule has 0 saturated heterocycles. The number of hydrogen-bond acceptors (Lipinski definition) is 0. The van der Waals surface area contributed by atoms with Crippen LogP contribution in [0.5, 0.6) is 0 Å². The molecule has 0 unspecified atom stereocenters. The zero-order chi connectivity index (χ0) is 20.9. The van der Waals surface area contributed by atoms with Crippen LogP contribution in [0.4, 0.5) is 43.9 Å². The van der Waals surface area contributed by atoms with Crippen molar-refractivity contribution in [2.24, 2.45) is 0 Å². The zero-order valence-corrected chi connectivity index (χ0v) is 13.6. The molecule has 0 saturated carbocycles. The van der Waals surface area contributed by atoms with Crippen LogP contribution in [0, 0.1) is 23.3 Å². The Balaban J connectivity index is 2.97. The molecular weight excluding hydrogens is 394 g/mol. The number of halogens is 10. The predicted molar refractivity (Wildman–Crippen MR) is 75.8 cm³/mol. The second-order valence-corrected chi connectivity index (χ2v) is 5.96. The highest BCUT2D eigenvalue weighted by atomic mass is 19.4. The van der Waals surface area contributed by atoms with E-state index >= 15 is 0 Å². The van der Waals surface area contributed by atoms with Crippen LogP contribution in [-0.2, 0) is 12.4 Å². The van der Waals surface area contributed by atoms with Crippen LogP contribution in [0.3, 0.4) is 0 Å². The highest BCUT2D eigenvalue weighted by Crippen LogP contribution is 2.44. The predicted octanol–water partition coefficient (Wildman–Crippen LogP) is 7.07. The lowest BCUT2D eigenvalue weighted by Gasteiger charge is -2.19. The number of benzene rings is 2. The van der Waals surface area contributed by atoms with E-state index in [0.29, 0.717) is 12.1 Å². The van der Waals surface area contributed by atoms with E-state index in [1.54, 1.807) is 0 Å². The summed E-state index contributed by atoms with van der Waals surface area (Å²) in [5.41, 5.74) is -7.53. The van der Waals surface area contributed by atoms with Gasteiger partial charge < -0.3 is 0 Å². The van der Waals surface area contributed by atoms with E-state index in [0.717, 1.165) is 6.07 Å². The monoisotopic (exact) mass is 404 g/mol. The molecule has 2 rings (SSSR count). The zero-order valence-electron chi connectivity index (χ0n) is 13.6. The highest BCUT2D eigenvalue weighted by molar-refractivity contribution is 5.71. The summed E-state index contributed by atoms with van der Waals surface area (Å²) < 4.78 is 133. The minimum absolute atomic E-state index is 0.123. The molecule has 2 aromatic rings. The molecule has 0 spiro atoms. The molecule has 0 fully saturated rings. The number of rotatable bonds is 2. The van der Waals surface area contributed by atoms with Gasteiger partial charge in [-0.05, 0) is 17.5 Å². The van der Waals surface area contributed by atoms with E-state index in [1.807, 2.05) is 0 Å². The lowest BCUT2D eigenvalue weighted by Crippen LogP contribution is -2.17. The summed E-state index contributed by atoms with van der Waals surface area (Å²) in [6.45, 7) is 3.04. The van der Waals surface area contributed by atoms with Gasteiger partial charge in [0, 0.05) is 5.56 Å². The van der Waals surface area contributed by atoms with Crippen LogP contribution in [0.1, 0.15) is 36.5 Å². The number of alkyl halides is 6. The molecule has 0 aliphatic carbocycles. The Morgan fingerprint density at radius 2 is 1.19 bits per heavy atom. The van der Waals surface area contributed by atoms with Crippen LogP contribution in [0.15, 0.2) is 18.2 Å². The van der Waals surface area contributed by atoms with Crippen molar-refractivity contribution in [2.45, 2.75) is 32.1 Å². The van der Waals surface area contributed by atoms with Gasteiger partial charge in [-0.1, -0.05) is 26.0 Å². The van der Waals surface area contributed by atoms with Gasteiger partial charge in [-0.2, -0.15) is 26.3 Å². The average Bonchev–Trinajstić information content (AvgIpc) is 2.51. The molecule has 0 bridgehead atoms. The van der Waals surface area contributed by atoms with E-state index in [1.165, 1.54) is 13.8 Å². The van der Waals surface area contributed by atoms with Gasteiger partial charge in [-0.15, -0.1) is 0 Å². The first kappa shape index (κ1) is 21.0. The van der Waals surface area contributed by atoms with Gasteiger partial charge in [0.1, 0.15) is 5.56 Å². The summed E-state index contributed by atoms with van der Waals surface area (Å²) in [6, 6.07) is 2.07. The fourth-order valence-electron chi connectivity index (χ4n) is 2.49. The molecule has 0 aliphatic rings. The molecule has 0 atom stereocenters. The van der Waals surface area contributed by atoms with Gasteiger partial charge in [0.15, 0.2) is 23.3 Å². The first-order valence-electron chi connectivity index (χ1n) is 7.32. The smallest absolute Gasteiger partial charge is 0.203 e. The lowest BCUT2D eigenvalue weighted by molar-refractivity contribution is -0.143. The second-order valence-electron chi connectivity index (χ2n) is 5.96. The first-order valence-corrected chi connectivity index (χ1v) is 7.32. The third-order valence-electron chi connectivity index (χ3n) is 3.83. The average molecular weight is 404 g/mol. The summed E-state index contributed by atoms with van der Waals surface area (Å²) in [5, 5.41) is 0. The van der Waals surface area contributed by atoms with E-state index in [-0.39, 0.29) is 5.56 Å². The van der Waals surface area contributed by atoms with Crippen molar-refractivity contribution in [2.75, 3.05) is 0 Å². The standard InChI is InChI=1S/C17H10F10/c1-6(2)7-3-4-9(16(22,23)24)8(5-7)10-12(18)14(20)11(17(25,26)27)15(21)13(10)19/h3-6H,1-2H3. The van der Waals surface area contributed by atoms with Crippen molar-refractivity contribution in [1.82, 2.24) is 0 Å². The number of hydrogen-bond donors (Lipinski definition) is 0.